The molecule has 0 bridgehead atoms. The van der Waals surface area contributed by atoms with Crippen LogP contribution < -0.4 is 10.2 Å². The highest BCUT2D eigenvalue weighted by molar-refractivity contribution is 6.12. The summed E-state index contributed by atoms with van der Waals surface area (Å²) in [6.07, 6.45) is 5.31. The SMILES string of the molecule is Cc1ccc(C(=O)N=C2Cc3ccc(CN4CCC(C(=O)O)CC4)cc3N2C2CCC(C(=O)NC(C)C)CC2)cc1. The number of benzene rings is 2. The number of nitrogens with zero attached hydrogens (tertiary/aromatic N) is 3. The third-order valence-corrected chi connectivity index (χ3v) is 8.77. The number of aryl methyl sites for hydroxylation is 1. The van der Waals surface area contributed by atoms with Gasteiger partial charge in [0.05, 0.1) is 5.92 Å². The molecule has 2 heterocycles. The number of amides is 2. The summed E-state index contributed by atoms with van der Waals surface area (Å²) in [5.74, 6) is -0.238. The lowest BCUT2D eigenvalue weighted by Crippen LogP contribution is -2.44. The monoisotopic (exact) mass is 558 g/mol. The number of anilines is 1. The maximum Gasteiger partial charge on any atom is 0.306 e. The summed E-state index contributed by atoms with van der Waals surface area (Å²) in [7, 11) is 0. The predicted octanol–water partition coefficient (Wildman–Crippen LogP) is 4.98. The molecule has 1 aliphatic carbocycles. The standard InChI is InChI=1S/C33H42N4O4/c1-21(2)34-31(38)25-10-12-28(13-11-25)37-29-18-23(20-36-16-14-26(15-17-36)33(40)41)6-9-27(29)19-30(37)35-32(39)24-7-4-22(3)5-8-24/h4-9,18,21,25-26,28H,10-17,19-20H2,1-3H3,(H,34,38)(H,40,41). The van der Waals surface area contributed by atoms with Crippen LogP contribution in [0.5, 0.6) is 0 Å². The van der Waals surface area contributed by atoms with Crippen molar-refractivity contribution < 1.29 is 19.5 Å². The van der Waals surface area contributed by atoms with Crippen molar-refractivity contribution in [2.45, 2.75) is 84.3 Å². The summed E-state index contributed by atoms with van der Waals surface area (Å²) < 4.78 is 0. The van der Waals surface area contributed by atoms with E-state index in [0.717, 1.165) is 68.0 Å². The maximum atomic E-state index is 13.2. The number of carbonyl (C=O) groups is 3. The van der Waals surface area contributed by atoms with Crippen LogP contribution in [0.2, 0.25) is 0 Å². The molecule has 2 N–H and O–H groups in total. The fourth-order valence-corrected chi connectivity index (χ4v) is 6.45. The normalized spacial score (nSPS) is 22.6. The van der Waals surface area contributed by atoms with Gasteiger partial charge < -0.3 is 15.3 Å². The molecule has 2 aromatic rings. The highest BCUT2D eigenvalue weighted by Gasteiger charge is 2.36. The third-order valence-electron chi connectivity index (χ3n) is 8.77. The van der Waals surface area contributed by atoms with Crippen LogP contribution >= 0.6 is 0 Å². The molecule has 0 spiro atoms. The fourth-order valence-electron chi connectivity index (χ4n) is 6.45. The van der Waals surface area contributed by atoms with Gasteiger partial charge in [0.2, 0.25) is 5.91 Å². The summed E-state index contributed by atoms with van der Waals surface area (Å²) in [6, 6.07) is 14.4. The van der Waals surface area contributed by atoms with E-state index in [9.17, 15) is 19.5 Å². The summed E-state index contributed by atoms with van der Waals surface area (Å²) >= 11 is 0. The van der Waals surface area contributed by atoms with Crippen molar-refractivity contribution in [1.29, 1.82) is 0 Å². The molecule has 0 radical (unpaired) electrons. The van der Waals surface area contributed by atoms with Gasteiger partial charge in [0.15, 0.2) is 0 Å². The number of piperidine rings is 1. The number of carbonyl (C=O) groups excluding carboxylic acids is 2. The number of fused-ring (bicyclic) bond motifs is 1. The lowest BCUT2D eigenvalue weighted by molar-refractivity contribution is -0.143. The van der Waals surface area contributed by atoms with Crippen molar-refractivity contribution in [3.63, 3.8) is 0 Å². The van der Waals surface area contributed by atoms with Gasteiger partial charge in [-0.3, -0.25) is 19.3 Å². The lowest BCUT2D eigenvalue weighted by Gasteiger charge is -2.36. The van der Waals surface area contributed by atoms with E-state index in [1.165, 1.54) is 5.56 Å². The maximum absolute atomic E-state index is 13.2. The van der Waals surface area contributed by atoms with E-state index in [0.29, 0.717) is 24.8 Å². The minimum Gasteiger partial charge on any atom is -0.481 e. The number of likely N-dealkylation sites (tertiary alicyclic amines) is 1. The van der Waals surface area contributed by atoms with Gasteiger partial charge >= 0.3 is 5.97 Å². The number of hydrogen-bond acceptors (Lipinski definition) is 4. The second-order valence-corrected chi connectivity index (χ2v) is 12.3. The molecule has 1 saturated heterocycles. The number of carboxylic acid groups (broad SMARTS) is 1. The largest absolute Gasteiger partial charge is 0.481 e. The Hall–Kier alpha value is -3.52. The zero-order valence-corrected chi connectivity index (χ0v) is 24.4. The first-order chi connectivity index (χ1) is 19.7. The number of rotatable bonds is 7. The zero-order chi connectivity index (χ0) is 29.1. The van der Waals surface area contributed by atoms with Gasteiger partial charge in [0.25, 0.3) is 5.91 Å². The van der Waals surface area contributed by atoms with Crippen LogP contribution in [-0.2, 0) is 22.6 Å². The molecule has 41 heavy (non-hydrogen) atoms. The van der Waals surface area contributed by atoms with Crippen LogP contribution in [0.4, 0.5) is 5.69 Å². The van der Waals surface area contributed by atoms with Crippen molar-refractivity contribution in [3.8, 4) is 0 Å². The number of nitrogens with one attached hydrogen (secondary N) is 1. The highest BCUT2D eigenvalue weighted by Crippen LogP contribution is 2.38. The second kappa shape index (κ2) is 12.6. The van der Waals surface area contributed by atoms with Crippen LogP contribution in [0.3, 0.4) is 0 Å². The van der Waals surface area contributed by atoms with Crippen molar-refractivity contribution in [2.24, 2.45) is 16.8 Å². The van der Waals surface area contributed by atoms with Gasteiger partial charge in [0.1, 0.15) is 5.84 Å². The van der Waals surface area contributed by atoms with Gasteiger partial charge in [0, 0.05) is 42.2 Å². The average molecular weight is 559 g/mol. The second-order valence-electron chi connectivity index (χ2n) is 12.3. The Balaban J connectivity index is 1.37. The highest BCUT2D eigenvalue weighted by atomic mass is 16.4. The van der Waals surface area contributed by atoms with Gasteiger partial charge in [-0.1, -0.05) is 29.8 Å². The van der Waals surface area contributed by atoms with Crippen LogP contribution in [0.1, 0.15) is 79.4 Å². The summed E-state index contributed by atoms with van der Waals surface area (Å²) in [4.78, 5) is 46.6. The lowest BCUT2D eigenvalue weighted by atomic mass is 9.84. The van der Waals surface area contributed by atoms with E-state index in [1.807, 2.05) is 45.0 Å². The molecule has 8 nitrogen and oxygen atoms in total. The van der Waals surface area contributed by atoms with Crippen LogP contribution in [-0.4, -0.2) is 58.8 Å². The van der Waals surface area contributed by atoms with E-state index in [2.05, 4.69) is 38.3 Å². The number of aliphatic carboxylic acids is 1. The molecule has 2 aromatic carbocycles. The minimum absolute atomic E-state index is 0.0189. The number of amidine groups is 1. The van der Waals surface area contributed by atoms with Gasteiger partial charge in [-0.25, -0.2) is 0 Å². The quantitative estimate of drug-likeness (QED) is 0.497. The van der Waals surface area contributed by atoms with E-state index in [1.54, 1.807) is 0 Å². The van der Waals surface area contributed by atoms with Crippen LogP contribution in [0.25, 0.3) is 0 Å². The Bertz CT molecular complexity index is 1300. The first-order valence-electron chi connectivity index (χ1n) is 15.0. The Kier molecular flexibility index (Phi) is 8.88. The van der Waals surface area contributed by atoms with E-state index >= 15 is 0 Å². The van der Waals surface area contributed by atoms with Crippen molar-refractivity contribution in [1.82, 2.24) is 10.2 Å². The van der Waals surface area contributed by atoms with E-state index < -0.39 is 5.97 Å². The van der Waals surface area contributed by atoms with Crippen LogP contribution in [0, 0.1) is 18.8 Å². The Labute approximate surface area is 242 Å². The van der Waals surface area contributed by atoms with Gasteiger partial charge in [-0.15, -0.1) is 0 Å². The van der Waals surface area contributed by atoms with Crippen LogP contribution in [0.15, 0.2) is 47.5 Å². The molecule has 8 heteroatoms. The third kappa shape index (κ3) is 6.87. The average Bonchev–Trinajstić information content (AvgIpc) is 3.30. The molecule has 0 aromatic heterocycles. The predicted molar refractivity (Wildman–Crippen MR) is 160 cm³/mol. The molecule has 1 saturated carbocycles. The summed E-state index contributed by atoms with van der Waals surface area (Å²) in [6.45, 7) is 8.30. The van der Waals surface area contributed by atoms with E-state index in [-0.39, 0.29) is 35.7 Å². The topological polar surface area (TPSA) is 102 Å². The van der Waals surface area contributed by atoms with Gasteiger partial charge in [-0.2, -0.15) is 4.99 Å². The molecule has 0 atom stereocenters. The zero-order valence-electron chi connectivity index (χ0n) is 24.4. The number of carboxylic acids is 1. The molecule has 2 amide bonds. The summed E-state index contributed by atoms with van der Waals surface area (Å²) in [5.41, 5.74) is 5.13. The molecular weight excluding hydrogens is 516 g/mol. The van der Waals surface area contributed by atoms with Gasteiger partial charge in [-0.05, 0) is 102 Å². The molecule has 0 unspecified atom stereocenters. The molecule has 5 rings (SSSR count). The van der Waals surface area contributed by atoms with E-state index in [4.69, 9.17) is 0 Å². The Morgan fingerprint density at radius 1 is 0.951 bits per heavy atom. The molecular formula is C33H42N4O4. The molecule has 218 valence electrons. The van der Waals surface area contributed by atoms with Crippen molar-refractivity contribution in [3.05, 3.63) is 64.7 Å². The number of hydrogen-bond donors (Lipinski definition) is 2. The van der Waals surface area contributed by atoms with Crippen molar-refractivity contribution >= 4 is 29.3 Å². The smallest absolute Gasteiger partial charge is 0.306 e. The molecule has 2 aliphatic heterocycles. The molecule has 2 fully saturated rings. The Morgan fingerprint density at radius 3 is 2.27 bits per heavy atom. The molecule has 3 aliphatic rings. The minimum atomic E-state index is -0.693. The fraction of sp³-hybridized carbons (Fsp3) is 0.515. The number of aliphatic imine (C=N–C) groups is 1. The van der Waals surface area contributed by atoms with Crippen molar-refractivity contribution in [2.75, 3.05) is 18.0 Å². The first-order valence-corrected chi connectivity index (χ1v) is 15.0. The first kappa shape index (κ1) is 29.0. The summed E-state index contributed by atoms with van der Waals surface area (Å²) in [5, 5.41) is 12.4. The Morgan fingerprint density at radius 2 is 1.63 bits per heavy atom.